The molecule has 3 nitrogen and oxygen atoms in total. The van der Waals surface area contributed by atoms with Crippen molar-refractivity contribution >= 4 is 0 Å². The molecule has 0 bridgehead atoms. The number of rotatable bonds is 2. The molecule has 1 aromatic carbocycles. The van der Waals surface area contributed by atoms with Crippen molar-refractivity contribution in [2.45, 2.75) is 13.0 Å². The van der Waals surface area contributed by atoms with Gasteiger partial charge in [0.1, 0.15) is 5.75 Å². The maximum absolute atomic E-state index is 5.45. The van der Waals surface area contributed by atoms with Gasteiger partial charge in [-0.15, -0.1) is 0 Å². The molecule has 3 heteroatoms. The van der Waals surface area contributed by atoms with Crippen molar-refractivity contribution in [2.75, 3.05) is 6.61 Å². The molecule has 1 aliphatic heterocycles. The largest absolute Gasteiger partial charge is 0.493 e. The van der Waals surface area contributed by atoms with E-state index < -0.39 is 0 Å². The first-order valence-electron chi connectivity index (χ1n) is 3.97. The van der Waals surface area contributed by atoms with Crippen LogP contribution in [-0.2, 0) is 17.9 Å². The third-order valence-corrected chi connectivity index (χ3v) is 2.03. The van der Waals surface area contributed by atoms with Crippen LogP contribution in [0.5, 0.6) is 5.75 Å². The van der Waals surface area contributed by atoms with Crippen LogP contribution in [0.25, 0.3) is 0 Å². The zero-order valence-corrected chi connectivity index (χ0v) is 6.75. The Morgan fingerprint density at radius 2 is 2.42 bits per heavy atom. The molecule has 0 saturated heterocycles. The van der Waals surface area contributed by atoms with Gasteiger partial charge >= 0.3 is 0 Å². The van der Waals surface area contributed by atoms with Crippen molar-refractivity contribution in [3.63, 3.8) is 0 Å². The Bertz CT molecular complexity index is 286. The van der Waals surface area contributed by atoms with Gasteiger partial charge in [-0.25, -0.2) is 5.90 Å². The van der Waals surface area contributed by atoms with E-state index in [9.17, 15) is 0 Å². The van der Waals surface area contributed by atoms with E-state index in [4.69, 9.17) is 10.6 Å². The van der Waals surface area contributed by atoms with Crippen molar-refractivity contribution in [1.82, 2.24) is 0 Å². The Morgan fingerprint density at radius 3 is 3.25 bits per heavy atom. The molecule has 1 aliphatic rings. The van der Waals surface area contributed by atoms with Gasteiger partial charge in [0, 0.05) is 12.0 Å². The van der Waals surface area contributed by atoms with E-state index in [1.165, 1.54) is 5.56 Å². The second-order valence-electron chi connectivity index (χ2n) is 2.81. The van der Waals surface area contributed by atoms with E-state index in [2.05, 4.69) is 10.9 Å². The van der Waals surface area contributed by atoms with E-state index in [1.807, 2.05) is 12.1 Å². The Kier molecular flexibility index (Phi) is 1.98. The molecule has 2 rings (SSSR count). The predicted octanol–water partition coefficient (Wildman–Crippen LogP) is 1.01. The molecule has 1 heterocycles. The lowest BCUT2D eigenvalue weighted by molar-refractivity contribution is 0.122. The van der Waals surface area contributed by atoms with Crippen LogP contribution < -0.4 is 10.6 Å². The summed E-state index contributed by atoms with van der Waals surface area (Å²) in [4.78, 5) is 4.57. The third kappa shape index (κ3) is 1.17. The predicted molar refractivity (Wildman–Crippen MR) is 44.6 cm³/mol. The van der Waals surface area contributed by atoms with Gasteiger partial charge in [-0.2, -0.15) is 0 Å². The highest BCUT2D eigenvalue weighted by Crippen LogP contribution is 2.29. The lowest BCUT2D eigenvalue weighted by Gasteiger charge is -2.05. The first kappa shape index (κ1) is 7.58. The molecule has 64 valence electrons. The summed E-state index contributed by atoms with van der Waals surface area (Å²) in [6.45, 7) is 1.19. The van der Waals surface area contributed by atoms with Crippen molar-refractivity contribution < 1.29 is 9.57 Å². The van der Waals surface area contributed by atoms with Gasteiger partial charge in [-0.3, -0.25) is 4.84 Å². The summed E-state index contributed by atoms with van der Waals surface area (Å²) in [7, 11) is 0. The van der Waals surface area contributed by atoms with Gasteiger partial charge in [0.15, 0.2) is 0 Å². The molecule has 0 aliphatic carbocycles. The Hall–Kier alpha value is -1.06. The lowest BCUT2D eigenvalue weighted by atomic mass is 10.1. The summed E-state index contributed by atoms with van der Waals surface area (Å²) in [5, 5.41) is 0. The quantitative estimate of drug-likeness (QED) is 0.665. The number of para-hydroxylation sites is 1. The molecule has 1 aromatic rings. The fourth-order valence-electron chi connectivity index (χ4n) is 1.49. The third-order valence-electron chi connectivity index (χ3n) is 2.03. The summed E-state index contributed by atoms with van der Waals surface area (Å²) in [6, 6.07) is 6.04. The van der Waals surface area contributed by atoms with Crippen molar-refractivity contribution in [1.29, 1.82) is 0 Å². The van der Waals surface area contributed by atoms with E-state index in [-0.39, 0.29) is 0 Å². The molecule has 2 N–H and O–H groups in total. The molecule has 0 saturated carbocycles. The Balaban J connectivity index is 2.36. The maximum atomic E-state index is 5.45. The van der Waals surface area contributed by atoms with Gasteiger partial charge in [0.05, 0.1) is 13.2 Å². The highest BCUT2D eigenvalue weighted by Gasteiger charge is 2.15. The van der Waals surface area contributed by atoms with Crippen LogP contribution in [0, 0.1) is 0 Å². The standard InChI is InChI=1S/C9H11NO2/c10-12-6-8-3-1-2-7-4-5-11-9(7)8/h1-3H,4-6,10H2. The van der Waals surface area contributed by atoms with E-state index in [0.29, 0.717) is 6.61 Å². The minimum atomic E-state index is 0.420. The lowest BCUT2D eigenvalue weighted by Crippen LogP contribution is -2.00. The Labute approximate surface area is 71.0 Å². The highest BCUT2D eigenvalue weighted by atomic mass is 16.6. The van der Waals surface area contributed by atoms with Crippen molar-refractivity contribution in [2.24, 2.45) is 5.90 Å². The molecule has 0 amide bonds. The minimum absolute atomic E-state index is 0.420. The summed E-state index contributed by atoms with van der Waals surface area (Å²) < 4.78 is 5.45. The van der Waals surface area contributed by atoms with Crippen LogP contribution in [0.2, 0.25) is 0 Å². The number of benzene rings is 1. The molecule has 0 unspecified atom stereocenters. The topological polar surface area (TPSA) is 44.5 Å². The highest BCUT2D eigenvalue weighted by molar-refractivity contribution is 5.43. The van der Waals surface area contributed by atoms with Crippen LogP contribution in [0.15, 0.2) is 18.2 Å². The number of nitrogens with two attached hydrogens (primary N) is 1. The average Bonchev–Trinajstić information content (AvgIpc) is 2.53. The first-order valence-corrected chi connectivity index (χ1v) is 3.97. The number of hydrogen-bond donors (Lipinski definition) is 1. The molecule has 0 aromatic heterocycles. The van der Waals surface area contributed by atoms with E-state index >= 15 is 0 Å². The molecule has 0 spiro atoms. The van der Waals surface area contributed by atoms with Crippen LogP contribution >= 0.6 is 0 Å². The van der Waals surface area contributed by atoms with Crippen LogP contribution in [-0.4, -0.2) is 6.61 Å². The molecular weight excluding hydrogens is 154 g/mol. The average molecular weight is 165 g/mol. The molecular formula is C9H11NO2. The molecule has 0 radical (unpaired) electrons. The summed E-state index contributed by atoms with van der Waals surface area (Å²) in [6.07, 6.45) is 0.994. The Morgan fingerprint density at radius 1 is 1.50 bits per heavy atom. The van der Waals surface area contributed by atoms with Gasteiger partial charge < -0.3 is 4.74 Å². The fraction of sp³-hybridized carbons (Fsp3) is 0.333. The molecule has 0 fully saturated rings. The van der Waals surface area contributed by atoms with Crippen LogP contribution in [0.3, 0.4) is 0 Å². The normalized spacial score (nSPS) is 14.1. The van der Waals surface area contributed by atoms with Crippen LogP contribution in [0.4, 0.5) is 0 Å². The molecule has 12 heavy (non-hydrogen) atoms. The SMILES string of the molecule is NOCc1cccc2c1OCC2. The second-order valence-corrected chi connectivity index (χ2v) is 2.81. The fourth-order valence-corrected chi connectivity index (χ4v) is 1.49. The summed E-state index contributed by atoms with van der Waals surface area (Å²) in [5.41, 5.74) is 2.29. The monoisotopic (exact) mass is 165 g/mol. The first-order chi connectivity index (χ1) is 5.92. The minimum Gasteiger partial charge on any atom is -0.493 e. The van der Waals surface area contributed by atoms with Crippen molar-refractivity contribution in [3.8, 4) is 5.75 Å². The number of fused-ring (bicyclic) bond motifs is 1. The van der Waals surface area contributed by atoms with Gasteiger partial charge in [0.25, 0.3) is 0 Å². The van der Waals surface area contributed by atoms with Gasteiger partial charge in [0.2, 0.25) is 0 Å². The van der Waals surface area contributed by atoms with E-state index in [0.717, 1.165) is 24.3 Å². The summed E-state index contributed by atoms with van der Waals surface area (Å²) >= 11 is 0. The van der Waals surface area contributed by atoms with Crippen LogP contribution in [0.1, 0.15) is 11.1 Å². The zero-order valence-electron chi connectivity index (χ0n) is 6.75. The van der Waals surface area contributed by atoms with Gasteiger partial charge in [-0.05, 0) is 5.56 Å². The zero-order chi connectivity index (χ0) is 8.39. The maximum Gasteiger partial charge on any atom is 0.128 e. The van der Waals surface area contributed by atoms with Gasteiger partial charge in [-0.1, -0.05) is 18.2 Å². The van der Waals surface area contributed by atoms with Crippen molar-refractivity contribution in [3.05, 3.63) is 29.3 Å². The molecule has 0 atom stereocenters. The smallest absolute Gasteiger partial charge is 0.128 e. The summed E-state index contributed by atoms with van der Waals surface area (Å²) in [5.74, 6) is 5.96. The number of ether oxygens (including phenoxy) is 1. The van der Waals surface area contributed by atoms with E-state index in [1.54, 1.807) is 0 Å². The number of hydrogen-bond acceptors (Lipinski definition) is 3. The second kappa shape index (κ2) is 3.13.